The number of nitrogens with one attached hydrogen (secondary N) is 2. The summed E-state index contributed by atoms with van der Waals surface area (Å²) in [5.41, 5.74) is -0.114. The molecule has 0 unspecified atom stereocenters. The van der Waals surface area contributed by atoms with Gasteiger partial charge in [-0.25, -0.2) is 9.59 Å². The van der Waals surface area contributed by atoms with E-state index in [0.29, 0.717) is 12.1 Å². The Labute approximate surface area is 81.2 Å². The average Bonchev–Trinajstić information content (AvgIpc) is 2.27. The third-order valence-electron chi connectivity index (χ3n) is 1.73. The molecule has 5 nitrogen and oxygen atoms in total. The highest BCUT2D eigenvalue weighted by Crippen LogP contribution is 2.20. The molecule has 0 aliphatic carbocycles. The Bertz CT molecular complexity index is 395. The number of carboxylic acid groups (broad SMARTS) is 1. The van der Waals surface area contributed by atoms with Crippen LogP contribution >= 0.6 is 0 Å². The fourth-order valence-electron chi connectivity index (χ4n) is 1.27. The quantitative estimate of drug-likeness (QED) is 0.662. The van der Waals surface area contributed by atoms with Crippen LogP contribution in [0.2, 0.25) is 0 Å². The maximum absolute atomic E-state index is 10.9. The van der Waals surface area contributed by atoms with Gasteiger partial charge in [0.25, 0.3) is 0 Å². The second-order valence-corrected chi connectivity index (χ2v) is 4.48. The van der Waals surface area contributed by atoms with Gasteiger partial charge in [-0.05, 0) is 11.8 Å². The van der Waals surface area contributed by atoms with Crippen molar-refractivity contribution in [2.75, 3.05) is 0 Å². The van der Waals surface area contributed by atoms with Gasteiger partial charge < -0.3 is 10.1 Å². The fraction of sp³-hybridized carbons (Fsp3) is 0.556. The van der Waals surface area contributed by atoms with E-state index >= 15 is 0 Å². The van der Waals surface area contributed by atoms with Crippen molar-refractivity contribution in [1.29, 1.82) is 0 Å². The average molecular weight is 198 g/mol. The molecule has 0 aliphatic rings. The van der Waals surface area contributed by atoms with Crippen LogP contribution in [0.1, 0.15) is 37.0 Å². The second-order valence-electron chi connectivity index (χ2n) is 4.48. The molecular weight excluding hydrogens is 184 g/mol. The van der Waals surface area contributed by atoms with E-state index in [0.717, 1.165) is 0 Å². The van der Waals surface area contributed by atoms with Crippen LogP contribution in [-0.4, -0.2) is 21.0 Å². The third-order valence-corrected chi connectivity index (χ3v) is 1.73. The molecule has 0 aromatic carbocycles. The Morgan fingerprint density at radius 1 is 1.36 bits per heavy atom. The predicted molar refractivity (Wildman–Crippen MR) is 51.5 cm³/mol. The minimum Gasteiger partial charge on any atom is -0.477 e. The molecule has 0 bridgehead atoms. The molecule has 1 heterocycles. The van der Waals surface area contributed by atoms with Crippen molar-refractivity contribution in [3.63, 3.8) is 0 Å². The maximum Gasteiger partial charge on any atom is 0.354 e. The zero-order valence-corrected chi connectivity index (χ0v) is 8.47. The van der Waals surface area contributed by atoms with Crippen LogP contribution in [0, 0.1) is 5.41 Å². The molecule has 0 spiro atoms. The van der Waals surface area contributed by atoms with E-state index in [1.54, 1.807) is 0 Å². The van der Waals surface area contributed by atoms with Gasteiger partial charge in [-0.1, -0.05) is 20.8 Å². The van der Waals surface area contributed by atoms with Crippen LogP contribution in [0.4, 0.5) is 0 Å². The molecule has 0 radical (unpaired) electrons. The molecule has 1 rings (SSSR count). The van der Waals surface area contributed by atoms with E-state index in [2.05, 4.69) is 9.97 Å². The van der Waals surface area contributed by atoms with E-state index < -0.39 is 11.7 Å². The number of aromatic carboxylic acids is 1. The second kappa shape index (κ2) is 3.32. The van der Waals surface area contributed by atoms with Gasteiger partial charge in [0, 0.05) is 0 Å². The first-order chi connectivity index (χ1) is 6.29. The molecule has 78 valence electrons. The lowest BCUT2D eigenvalue weighted by Crippen LogP contribution is -2.13. The van der Waals surface area contributed by atoms with E-state index in [1.165, 1.54) is 0 Å². The number of carbonyl (C=O) groups is 1. The monoisotopic (exact) mass is 198 g/mol. The molecule has 0 amide bonds. The lowest BCUT2D eigenvalue weighted by molar-refractivity contribution is 0.0689. The van der Waals surface area contributed by atoms with Gasteiger partial charge in [-0.3, -0.25) is 4.98 Å². The van der Waals surface area contributed by atoms with Crippen LogP contribution in [0.3, 0.4) is 0 Å². The normalized spacial score (nSPS) is 11.6. The summed E-state index contributed by atoms with van der Waals surface area (Å²) in [6.07, 6.45) is 0.521. The minimum absolute atomic E-state index is 0.0371. The van der Waals surface area contributed by atoms with E-state index in [-0.39, 0.29) is 11.1 Å². The van der Waals surface area contributed by atoms with Crippen molar-refractivity contribution in [2.45, 2.75) is 27.2 Å². The number of rotatable bonds is 2. The molecule has 5 heteroatoms. The Morgan fingerprint density at radius 2 is 1.93 bits per heavy atom. The smallest absolute Gasteiger partial charge is 0.354 e. The van der Waals surface area contributed by atoms with E-state index in [9.17, 15) is 9.59 Å². The van der Waals surface area contributed by atoms with Gasteiger partial charge in [-0.2, -0.15) is 0 Å². The van der Waals surface area contributed by atoms with Crippen molar-refractivity contribution >= 4 is 5.97 Å². The summed E-state index contributed by atoms with van der Waals surface area (Å²) in [4.78, 5) is 26.4. The molecule has 3 N–H and O–H groups in total. The van der Waals surface area contributed by atoms with Crippen LogP contribution in [0.5, 0.6) is 0 Å². The predicted octanol–water partition coefficient (Wildman–Crippen LogP) is 0.990. The molecule has 0 fully saturated rings. The first-order valence-electron chi connectivity index (χ1n) is 4.34. The summed E-state index contributed by atoms with van der Waals surface area (Å²) < 4.78 is 0. The number of carboxylic acids is 1. The molecule has 1 aromatic rings. The van der Waals surface area contributed by atoms with Gasteiger partial charge in [0.2, 0.25) is 0 Å². The Balaban J connectivity index is 3.08. The lowest BCUT2D eigenvalue weighted by Gasteiger charge is -2.16. The Kier molecular flexibility index (Phi) is 2.51. The largest absolute Gasteiger partial charge is 0.477 e. The van der Waals surface area contributed by atoms with E-state index in [1.807, 2.05) is 20.8 Å². The summed E-state index contributed by atoms with van der Waals surface area (Å²) in [5, 5.41) is 8.79. The van der Waals surface area contributed by atoms with Crippen LogP contribution in [0.25, 0.3) is 0 Å². The van der Waals surface area contributed by atoms with Gasteiger partial charge in [-0.15, -0.1) is 0 Å². The number of aromatic amines is 2. The fourth-order valence-corrected chi connectivity index (χ4v) is 1.27. The Morgan fingerprint density at radius 3 is 2.36 bits per heavy atom. The number of imidazole rings is 1. The summed E-state index contributed by atoms with van der Waals surface area (Å²) in [5.74, 6) is -1.11. The molecular formula is C9H14N2O3. The molecule has 14 heavy (non-hydrogen) atoms. The SMILES string of the molecule is CC(C)(C)Cc1[nH]c(=O)[nH]c1C(=O)O. The number of hydrogen-bond donors (Lipinski definition) is 3. The summed E-state index contributed by atoms with van der Waals surface area (Å²) in [6.45, 7) is 5.93. The van der Waals surface area contributed by atoms with Crippen LogP contribution in [0.15, 0.2) is 4.79 Å². The van der Waals surface area contributed by atoms with Gasteiger partial charge >= 0.3 is 11.7 Å². The summed E-state index contributed by atoms with van der Waals surface area (Å²) in [6, 6.07) is 0. The Hall–Kier alpha value is -1.52. The zero-order valence-electron chi connectivity index (χ0n) is 8.47. The van der Waals surface area contributed by atoms with Gasteiger partial charge in [0.05, 0.1) is 5.69 Å². The number of aromatic nitrogens is 2. The highest BCUT2D eigenvalue weighted by Gasteiger charge is 2.19. The third kappa shape index (κ3) is 2.48. The molecule has 0 saturated heterocycles. The summed E-state index contributed by atoms with van der Waals surface area (Å²) >= 11 is 0. The van der Waals surface area contributed by atoms with E-state index in [4.69, 9.17) is 5.11 Å². The van der Waals surface area contributed by atoms with Crippen molar-refractivity contribution in [3.05, 3.63) is 21.9 Å². The zero-order chi connectivity index (χ0) is 10.9. The first kappa shape index (κ1) is 10.6. The first-order valence-corrected chi connectivity index (χ1v) is 4.34. The highest BCUT2D eigenvalue weighted by atomic mass is 16.4. The summed E-state index contributed by atoms with van der Waals surface area (Å²) in [7, 11) is 0. The van der Waals surface area contributed by atoms with Gasteiger partial charge in [0.15, 0.2) is 0 Å². The lowest BCUT2D eigenvalue weighted by atomic mass is 9.90. The standard InChI is InChI=1S/C9H14N2O3/c1-9(2,3)4-5-6(7(12)13)11-8(14)10-5/h4H2,1-3H3,(H,12,13)(H2,10,11,14). The minimum atomic E-state index is -1.11. The van der Waals surface area contributed by atoms with Crippen molar-refractivity contribution in [1.82, 2.24) is 9.97 Å². The number of H-pyrrole nitrogens is 2. The van der Waals surface area contributed by atoms with Gasteiger partial charge in [0.1, 0.15) is 5.69 Å². The molecule has 0 atom stereocenters. The topological polar surface area (TPSA) is 86.0 Å². The molecule has 0 aliphatic heterocycles. The molecule has 1 aromatic heterocycles. The van der Waals surface area contributed by atoms with Crippen molar-refractivity contribution < 1.29 is 9.90 Å². The van der Waals surface area contributed by atoms with Crippen molar-refractivity contribution in [3.8, 4) is 0 Å². The van der Waals surface area contributed by atoms with Crippen LogP contribution < -0.4 is 5.69 Å². The highest BCUT2D eigenvalue weighted by molar-refractivity contribution is 5.86. The van der Waals surface area contributed by atoms with Crippen molar-refractivity contribution in [2.24, 2.45) is 5.41 Å². The molecule has 0 saturated carbocycles. The maximum atomic E-state index is 10.9. The number of hydrogen-bond acceptors (Lipinski definition) is 2. The van der Waals surface area contributed by atoms with Crippen LogP contribution in [-0.2, 0) is 6.42 Å².